The fourth-order valence-electron chi connectivity index (χ4n) is 3.14. The van der Waals surface area contributed by atoms with Crippen molar-refractivity contribution < 1.29 is 23.5 Å². The molecule has 0 aliphatic rings. The van der Waals surface area contributed by atoms with Crippen molar-refractivity contribution in [3.8, 4) is 0 Å². The van der Waals surface area contributed by atoms with Gasteiger partial charge >= 0.3 is 12.0 Å². The minimum atomic E-state index is -0.535. The predicted octanol–water partition coefficient (Wildman–Crippen LogP) is 4.10. The molecular weight excluding hydrogens is 445 g/mol. The van der Waals surface area contributed by atoms with Gasteiger partial charge in [0.05, 0.1) is 13.2 Å². The molecule has 1 N–H and O–H groups in total. The van der Waals surface area contributed by atoms with Crippen molar-refractivity contribution in [3.63, 3.8) is 0 Å². The van der Waals surface area contributed by atoms with Crippen LogP contribution < -0.4 is 5.32 Å². The van der Waals surface area contributed by atoms with Crippen LogP contribution in [0, 0.1) is 12.7 Å². The molecule has 0 saturated carbocycles. The van der Waals surface area contributed by atoms with Gasteiger partial charge < -0.3 is 19.9 Å². The summed E-state index contributed by atoms with van der Waals surface area (Å²) >= 11 is 1.56. The summed E-state index contributed by atoms with van der Waals surface area (Å²) in [7, 11) is 0. The minimum Gasteiger partial charge on any atom is -0.465 e. The van der Waals surface area contributed by atoms with E-state index in [2.05, 4.69) is 5.32 Å². The molecule has 0 spiro atoms. The first-order chi connectivity index (χ1) is 15.7. The van der Waals surface area contributed by atoms with Gasteiger partial charge in [-0.05, 0) is 61.9 Å². The maximum atomic E-state index is 13.4. The van der Waals surface area contributed by atoms with Crippen LogP contribution in [0.5, 0.6) is 0 Å². The molecule has 33 heavy (non-hydrogen) atoms. The summed E-state index contributed by atoms with van der Waals surface area (Å²) in [5, 5.41) is 4.51. The minimum absolute atomic E-state index is 0.144. The van der Waals surface area contributed by atoms with E-state index in [4.69, 9.17) is 4.74 Å². The van der Waals surface area contributed by atoms with Gasteiger partial charge in [0.1, 0.15) is 18.9 Å². The molecule has 0 saturated heterocycles. The average Bonchev–Trinajstić information content (AvgIpc) is 3.20. The summed E-state index contributed by atoms with van der Waals surface area (Å²) < 4.78 is 18.2. The Labute approximate surface area is 198 Å². The zero-order valence-corrected chi connectivity index (χ0v) is 20.4. The van der Waals surface area contributed by atoms with Gasteiger partial charge in [-0.1, -0.05) is 19.1 Å². The Morgan fingerprint density at radius 3 is 2.39 bits per heavy atom. The summed E-state index contributed by atoms with van der Waals surface area (Å²) in [6.45, 7) is 7.94. The lowest BCUT2D eigenvalue weighted by Crippen LogP contribution is -2.51. The quantitative estimate of drug-likeness (QED) is 0.495. The zero-order chi connectivity index (χ0) is 24.4. The first-order valence-corrected chi connectivity index (χ1v) is 11.9. The molecule has 0 aliphatic heterocycles. The molecule has 0 radical (unpaired) electrons. The number of carbonyl (C=O) groups is 3. The molecule has 1 aromatic carbocycles. The fraction of sp³-hybridized carbons (Fsp3) is 0.458. The number of thiophene rings is 1. The molecule has 0 fully saturated rings. The van der Waals surface area contributed by atoms with E-state index in [1.165, 1.54) is 17.0 Å². The highest BCUT2D eigenvalue weighted by molar-refractivity contribution is 7.10. The third-order valence-electron chi connectivity index (χ3n) is 5.32. The molecule has 2 rings (SSSR count). The highest BCUT2D eigenvalue weighted by Crippen LogP contribution is 2.20. The number of aryl methyl sites for hydroxylation is 1. The smallest absolute Gasteiger partial charge is 0.325 e. The van der Waals surface area contributed by atoms with Crippen LogP contribution in [0.4, 0.5) is 9.18 Å². The van der Waals surface area contributed by atoms with E-state index in [1.54, 1.807) is 35.3 Å². The number of urea groups is 1. The topological polar surface area (TPSA) is 79.0 Å². The maximum absolute atomic E-state index is 13.4. The molecule has 180 valence electrons. The van der Waals surface area contributed by atoms with E-state index in [0.717, 1.165) is 16.0 Å². The normalized spacial score (nSPS) is 11.5. The molecule has 1 unspecified atom stereocenters. The van der Waals surface area contributed by atoms with Gasteiger partial charge in [0.2, 0.25) is 5.91 Å². The number of rotatable bonds is 11. The number of amides is 3. The number of nitrogens with one attached hydrogen (secondary N) is 1. The van der Waals surface area contributed by atoms with Crippen LogP contribution in [0.2, 0.25) is 0 Å². The number of nitrogens with zero attached hydrogens (tertiary/aromatic N) is 2. The summed E-state index contributed by atoms with van der Waals surface area (Å²) in [5.74, 6) is -1.11. The van der Waals surface area contributed by atoms with Crippen LogP contribution in [-0.2, 0) is 27.4 Å². The second kappa shape index (κ2) is 12.9. The molecule has 3 amide bonds. The highest BCUT2D eigenvalue weighted by atomic mass is 32.1. The number of halogens is 1. The van der Waals surface area contributed by atoms with Gasteiger partial charge in [0.25, 0.3) is 0 Å². The van der Waals surface area contributed by atoms with Crippen LogP contribution in [-0.4, -0.2) is 53.4 Å². The van der Waals surface area contributed by atoms with Crippen LogP contribution >= 0.6 is 11.3 Å². The van der Waals surface area contributed by atoms with Crippen molar-refractivity contribution in [1.29, 1.82) is 0 Å². The molecule has 9 heteroatoms. The lowest BCUT2D eigenvalue weighted by Gasteiger charge is -2.31. The van der Waals surface area contributed by atoms with E-state index in [1.807, 2.05) is 32.2 Å². The Morgan fingerprint density at radius 2 is 1.82 bits per heavy atom. The Balaban J connectivity index is 2.18. The molecule has 2 aromatic rings. The van der Waals surface area contributed by atoms with E-state index in [-0.39, 0.29) is 44.0 Å². The van der Waals surface area contributed by atoms with Gasteiger partial charge in [0.15, 0.2) is 0 Å². The van der Waals surface area contributed by atoms with Crippen molar-refractivity contribution in [2.45, 2.75) is 53.2 Å². The first kappa shape index (κ1) is 26.3. The third-order valence-corrected chi connectivity index (χ3v) is 6.33. The molecule has 1 aromatic heterocycles. The van der Waals surface area contributed by atoms with Crippen LogP contribution in [0.1, 0.15) is 43.2 Å². The molecule has 1 heterocycles. The summed E-state index contributed by atoms with van der Waals surface area (Å²) in [5.41, 5.74) is 1.88. The maximum Gasteiger partial charge on any atom is 0.325 e. The number of esters is 1. The predicted molar refractivity (Wildman–Crippen MR) is 126 cm³/mol. The monoisotopic (exact) mass is 477 g/mol. The van der Waals surface area contributed by atoms with Gasteiger partial charge in [0, 0.05) is 17.5 Å². The third kappa shape index (κ3) is 8.16. The second-order valence-corrected chi connectivity index (χ2v) is 8.75. The Bertz CT molecular complexity index is 932. The van der Waals surface area contributed by atoms with Gasteiger partial charge in [-0.15, -0.1) is 11.3 Å². The van der Waals surface area contributed by atoms with Gasteiger partial charge in [-0.3, -0.25) is 9.59 Å². The lowest BCUT2D eigenvalue weighted by atomic mass is 10.2. The van der Waals surface area contributed by atoms with Crippen LogP contribution in [0.25, 0.3) is 0 Å². The molecule has 0 aliphatic carbocycles. The lowest BCUT2D eigenvalue weighted by molar-refractivity contribution is -0.141. The van der Waals surface area contributed by atoms with Crippen LogP contribution in [0.15, 0.2) is 35.7 Å². The van der Waals surface area contributed by atoms with Crippen molar-refractivity contribution in [2.75, 3.05) is 19.7 Å². The molecular formula is C24H32FN3O4S. The first-order valence-electron chi connectivity index (χ1n) is 11.0. The van der Waals surface area contributed by atoms with Gasteiger partial charge in [-0.25, -0.2) is 9.18 Å². The van der Waals surface area contributed by atoms with E-state index < -0.39 is 12.0 Å². The average molecular weight is 478 g/mol. The molecule has 0 bridgehead atoms. The number of hydrogen-bond acceptors (Lipinski definition) is 5. The summed E-state index contributed by atoms with van der Waals surface area (Å²) in [6.07, 6.45) is 0.641. The number of hydrogen-bond donors (Lipinski definition) is 1. The Hall–Kier alpha value is -2.94. The second-order valence-electron chi connectivity index (χ2n) is 7.75. The van der Waals surface area contributed by atoms with Crippen molar-refractivity contribution in [3.05, 3.63) is 57.5 Å². The SMILES string of the molecule is CCOC(=O)CNC(=O)N(CC(=O)N(Cc1ccc(F)cc1)Cc1sccc1C)C(C)CC. The van der Waals surface area contributed by atoms with E-state index in [0.29, 0.717) is 13.0 Å². The van der Waals surface area contributed by atoms with Crippen LogP contribution in [0.3, 0.4) is 0 Å². The Kier molecular flexibility index (Phi) is 10.3. The summed E-state index contributed by atoms with van der Waals surface area (Å²) in [4.78, 5) is 41.9. The van der Waals surface area contributed by atoms with Gasteiger partial charge in [-0.2, -0.15) is 0 Å². The number of ether oxygens (including phenoxy) is 1. The number of benzene rings is 1. The van der Waals surface area contributed by atoms with E-state index >= 15 is 0 Å². The fourth-order valence-corrected chi connectivity index (χ4v) is 4.06. The molecule has 7 nitrogen and oxygen atoms in total. The highest BCUT2D eigenvalue weighted by Gasteiger charge is 2.26. The molecule has 1 atom stereocenters. The largest absolute Gasteiger partial charge is 0.465 e. The number of carbonyl (C=O) groups excluding carboxylic acids is 3. The van der Waals surface area contributed by atoms with E-state index in [9.17, 15) is 18.8 Å². The van der Waals surface area contributed by atoms with Crippen molar-refractivity contribution in [2.24, 2.45) is 0 Å². The zero-order valence-electron chi connectivity index (χ0n) is 19.6. The van der Waals surface area contributed by atoms with Crippen molar-refractivity contribution in [1.82, 2.24) is 15.1 Å². The summed E-state index contributed by atoms with van der Waals surface area (Å²) in [6, 6.07) is 7.30. The van der Waals surface area contributed by atoms with Crippen molar-refractivity contribution >= 4 is 29.2 Å². The standard InChI is InChI=1S/C24H32FN3O4S/c1-5-18(4)28(24(31)26-13-23(30)32-6-2)16-22(29)27(15-21-17(3)11-12-33-21)14-19-7-9-20(25)10-8-19/h7-12,18H,5-6,13-16H2,1-4H3,(H,26,31). The Morgan fingerprint density at radius 1 is 1.12 bits per heavy atom.